The van der Waals surface area contributed by atoms with E-state index in [0.717, 1.165) is 11.1 Å². The lowest BCUT2D eigenvalue weighted by molar-refractivity contribution is 0.150. The second kappa shape index (κ2) is 6.87. The molecule has 1 aliphatic heterocycles. The summed E-state index contributed by atoms with van der Waals surface area (Å²) in [5.74, 6) is 0.737. The molecule has 1 aliphatic rings. The number of nitrogen functional groups attached to an aromatic ring is 1. The Morgan fingerprint density at radius 1 is 1.19 bits per heavy atom. The second-order valence-corrected chi connectivity index (χ2v) is 5.98. The van der Waals surface area contributed by atoms with Gasteiger partial charge in [0.15, 0.2) is 11.5 Å². The van der Waals surface area contributed by atoms with Gasteiger partial charge >= 0.3 is 6.09 Å². The van der Waals surface area contributed by atoms with Gasteiger partial charge in [0.05, 0.1) is 11.9 Å². The van der Waals surface area contributed by atoms with Crippen LogP contribution in [0.5, 0.6) is 0 Å². The van der Waals surface area contributed by atoms with Crippen LogP contribution in [0, 0.1) is 0 Å². The third-order valence-corrected chi connectivity index (χ3v) is 4.26. The summed E-state index contributed by atoms with van der Waals surface area (Å²) in [5, 5.41) is 17.1. The van der Waals surface area contributed by atoms with Gasteiger partial charge in [0.25, 0.3) is 5.89 Å². The van der Waals surface area contributed by atoms with Crippen molar-refractivity contribution in [1.29, 1.82) is 0 Å². The average Bonchev–Trinajstić information content (AvgIpc) is 3.19. The van der Waals surface area contributed by atoms with Gasteiger partial charge in [-0.1, -0.05) is 24.3 Å². The summed E-state index contributed by atoms with van der Waals surface area (Å²) in [7, 11) is 0. The van der Waals surface area contributed by atoms with Crippen molar-refractivity contribution < 1.29 is 14.3 Å². The number of rotatable bonds is 3. The lowest BCUT2D eigenvalue weighted by Crippen LogP contribution is -2.33. The van der Waals surface area contributed by atoms with Crippen molar-refractivity contribution in [2.75, 3.05) is 18.8 Å². The van der Waals surface area contributed by atoms with E-state index in [4.69, 9.17) is 15.3 Å². The summed E-state index contributed by atoms with van der Waals surface area (Å²) in [6.45, 7) is 0.714. The van der Waals surface area contributed by atoms with Gasteiger partial charge in [-0.2, -0.15) is 0 Å². The molecule has 0 fully saturated rings. The van der Waals surface area contributed by atoms with Crippen LogP contribution in [0.25, 0.3) is 28.6 Å². The molecule has 9 heteroatoms. The number of benzene rings is 1. The Morgan fingerprint density at radius 3 is 2.67 bits per heavy atom. The number of hydrogen-bond donors (Lipinski definition) is 2. The molecule has 3 heterocycles. The first-order chi connectivity index (χ1) is 13.1. The lowest BCUT2D eigenvalue weighted by atomic mass is 10.1. The molecule has 9 nitrogen and oxygen atoms in total. The predicted octanol–water partition coefficient (Wildman–Crippen LogP) is 2.54. The fourth-order valence-corrected chi connectivity index (χ4v) is 2.80. The van der Waals surface area contributed by atoms with Gasteiger partial charge in [-0.05, 0) is 24.1 Å². The molecule has 0 aliphatic carbocycles. The maximum atomic E-state index is 11.0. The number of amides is 1. The summed E-state index contributed by atoms with van der Waals surface area (Å²) in [4.78, 5) is 21.1. The summed E-state index contributed by atoms with van der Waals surface area (Å²) >= 11 is 0. The molecule has 0 atom stereocenters. The fourth-order valence-electron chi connectivity index (χ4n) is 2.80. The van der Waals surface area contributed by atoms with Crippen molar-refractivity contribution in [1.82, 2.24) is 25.1 Å². The summed E-state index contributed by atoms with van der Waals surface area (Å²) in [6.07, 6.45) is 3.00. The Kier molecular flexibility index (Phi) is 4.25. The van der Waals surface area contributed by atoms with Gasteiger partial charge in [0, 0.05) is 18.7 Å². The standard InChI is InChI=1S/C18H16N6O3/c19-15-14(17-23-22-16(27-17)12-4-2-1-3-5-12)21-13(10-20-15)11-6-8-24(9-7-11)18(25)26/h1-6,10H,7-9H2,(H2,19,20)(H,25,26). The number of aromatic nitrogens is 4. The van der Waals surface area contributed by atoms with Crippen molar-refractivity contribution in [2.45, 2.75) is 6.42 Å². The molecular formula is C18H16N6O3. The number of nitrogens with two attached hydrogens (primary N) is 1. The Morgan fingerprint density at radius 2 is 1.96 bits per heavy atom. The number of hydrogen-bond acceptors (Lipinski definition) is 7. The lowest BCUT2D eigenvalue weighted by Gasteiger charge is -2.23. The van der Waals surface area contributed by atoms with Crippen LogP contribution in [0.15, 0.2) is 47.0 Å². The molecule has 0 bridgehead atoms. The number of nitrogens with zero attached hydrogens (tertiary/aromatic N) is 5. The Bertz CT molecular complexity index is 1010. The van der Waals surface area contributed by atoms with E-state index in [1.165, 1.54) is 4.90 Å². The highest BCUT2D eigenvalue weighted by Gasteiger charge is 2.20. The van der Waals surface area contributed by atoms with Crippen molar-refractivity contribution in [2.24, 2.45) is 0 Å². The minimum Gasteiger partial charge on any atom is -0.465 e. The highest BCUT2D eigenvalue weighted by molar-refractivity contribution is 5.72. The molecule has 0 spiro atoms. The van der Waals surface area contributed by atoms with Gasteiger partial charge in [-0.15, -0.1) is 10.2 Å². The van der Waals surface area contributed by atoms with Crippen molar-refractivity contribution in [3.8, 4) is 23.0 Å². The van der Waals surface area contributed by atoms with Crippen molar-refractivity contribution >= 4 is 17.5 Å². The van der Waals surface area contributed by atoms with Crippen LogP contribution in [0.3, 0.4) is 0 Å². The molecule has 1 amide bonds. The zero-order valence-electron chi connectivity index (χ0n) is 14.2. The molecule has 0 radical (unpaired) electrons. The van der Waals surface area contributed by atoms with Gasteiger partial charge in [-0.25, -0.2) is 14.8 Å². The molecular weight excluding hydrogens is 348 g/mol. The third-order valence-electron chi connectivity index (χ3n) is 4.26. The number of carbonyl (C=O) groups is 1. The minimum atomic E-state index is -0.936. The number of carboxylic acid groups (broad SMARTS) is 1. The molecule has 136 valence electrons. The van der Waals surface area contributed by atoms with E-state index in [-0.39, 0.29) is 11.7 Å². The van der Waals surface area contributed by atoms with Crippen molar-refractivity contribution in [3.05, 3.63) is 48.3 Å². The van der Waals surface area contributed by atoms with E-state index < -0.39 is 6.09 Å². The van der Waals surface area contributed by atoms with Crippen LogP contribution in [0.2, 0.25) is 0 Å². The van der Waals surface area contributed by atoms with Crippen LogP contribution < -0.4 is 5.73 Å². The predicted molar refractivity (Wildman–Crippen MR) is 97.4 cm³/mol. The molecule has 27 heavy (non-hydrogen) atoms. The fraction of sp³-hybridized carbons (Fsp3) is 0.167. The third kappa shape index (κ3) is 3.34. The van der Waals surface area contributed by atoms with Gasteiger partial charge in [0.2, 0.25) is 5.89 Å². The van der Waals surface area contributed by atoms with Crippen molar-refractivity contribution in [3.63, 3.8) is 0 Å². The van der Waals surface area contributed by atoms with E-state index in [2.05, 4.69) is 20.2 Å². The van der Waals surface area contributed by atoms with E-state index in [1.54, 1.807) is 6.20 Å². The summed E-state index contributed by atoms with van der Waals surface area (Å²) < 4.78 is 5.72. The van der Waals surface area contributed by atoms with Crippen LogP contribution in [-0.4, -0.2) is 49.4 Å². The zero-order valence-corrected chi connectivity index (χ0v) is 14.2. The highest BCUT2D eigenvalue weighted by Crippen LogP contribution is 2.28. The minimum absolute atomic E-state index is 0.185. The van der Waals surface area contributed by atoms with E-state index >= 15 is 0 Å². The highest BCUT2D eigenvalue weighted by atomic mass is 16.4. The summed E-state index contributed by atoms with van der Waals surface area (Å²) in [5.41, 5.74) is 8.58. The van der Waals surface area contributed by atoms with E-state index in [9.17, 15) is 4.79 Å². The summed E-state index contributed by atoms with van der Waals surface area (Å²) in [6, 6.07) is 9.39. The van der Waals surface area contributed by atoms with Gasteiger partial charge < -0.3 is 20.2 Å². The Hall–Kier alpha value is -3.75. The second-order valence-electron chi connectivity index (χ2n) is 5.98. The van der Waals surface area contributed by atoms with Gasteiger partial charge in [-0.3, -0.25) is 0 Å². The Labute approximate surface area is 154 Å². The molecule has 2 aromatic heterocycles. The molecule has 0 saturated heterocycles. The molecule has 0 saturated carbocycles. The molecule has 3 aromatic rings. The monoisotopic (exact) mass is 364 g/mol. The quantitative estimate of drug-likeness (QED) is 0.725. The molecule has 3 N–H and O–H groups in total. The molecule has 1 aromatic carbocycles. The normalized spacial score (nSPS) is 14.1. The topological polar surface area (TPSA) is 131 Å². The number of anilines is 1. The molecule has 0 unspecified atom stereocenters. The smallest absolute Gasteiger partial charge is 0.407 e. The van der Waals surface area contributed by atoms with Crippen LogP contribution >= 0.6 is 0 Å². The maximum Gasteiger partial charge on any atom is 0.407 e. The largest absolute Gasteiger partial charge is 0.465 e. The average molecular weight is 364 g/mol. The van der Waals surface area contributed by atoms with Gasteiger partial charge in [0.1, 0.15) is 0 Å². The molecule has 4 rings (SSSR count). The first-order valence-electron chi connectivity index (χ1n) is 8.31. The van der Waals surface area contributed by atoms with Crippen LogP contribution in [-0.2, 0) is 0 Å². The van der Waals surface area contributed by atoms with Crippen LogP contribution in [0.4, 0.5) is 10.6 Å². The maximum absolute atomic E-state index is 11.0. The SMILES string of the molecule is Nc1ncc(C2=CCN(C(=O)O)CC2)nc1-c1nnc(-c2ccccc2)o1. The van der Waals surface area contributed by atoms with E-state index in [0.29, 0.717) is 36.8 Å². The van der Waals surface area contributed by atoms with E-state index in [1.807, 2.05) is 36.4 Å². The Balaban J connectivity index is 1.64. The first-order valence-corrected chi connectivity index (χ1v) is 8.31. The first kappa shape index (κ1) is 16.7. The zero-order chi connectivity index (χ0) is 18.8. The van der Waals surface area contributed by atoms with Crippen LogP contribution in [0.1, 0.15) is 12.1 Å².